The van der Waals surface area contributed by atoms with Crippen LogP contribution in [0, 0.1) is 12.7 Å². The van der Waals surface area contributed by atoms with Crippen LogP contribution in [0.1, 0.15) is 24.4 Å². The molecule has 1 saturated carbocycles. The summed E-state index contributed by atoms with van der Waals surface area (Å²) in [5.74, 6) is 0.553. The number of nitrogens with two attached hydrogens (primary N) is 1. The molecule has 0 spiro atoms. The zero-order chi connectivity index (χ0) is 14.6. The van der Waals surface area contributed by atoms with Crippen LogP contribution in [-0.2, 0) is 0 Å². The largest absolute Gasteiger partial charge is 0.399 e. The Kier molecular flexibility index (Phi) is 2.55. The van der Waals surface area contributed by atoms with E-state index in [1.165, 1.54) is 6.07 Å². The molecular weight excluding hydrogens is 265 g/mol. The minimum atomic E-state index is -0.269. The maximum atomic E-state index is 14.1. The molecule has 2 N–H and O–H groups in total. The summed E-state index contributed by atoms with van der Waals surface area (Å²) in [6.45, 7) is 2.03. The van der Waals surface area contributed by atoms with E-state index in [4.69, 9.17) is 5.73 Å². The van der Waals surface area contributed by atoms with Crippen molar-refractivity contribution in [3.63, 3.8) is 0 Å². The number of imidazole rings is 1. The highest BCUT2D eigenvalue weighted by Crippen LogP contribution is 2.42. The molecule has 1 aliphatic rings. The molecule has 4 heteroatoms. The summed E-state index contributed by atoms with van der Waals surface area (Å²) in [6, 6.07) is 11.4. The summed E-state index contributed by atoms with van der Waals surface area (Å²) in [6.07, 6.45) is 2.24. The Morgan fingerprint density at radius 1 is 1.24 bits per heavy atom. The maximum absolute atomic E-state index is 14.1. The van der Waals surface area contributed by atoms with Crippen molar-refractivity contribution in [3.05, 3.63) is 47.8 Å². The Labute approximate surface area is 122 Å². The molecule has 0 radical (unpaired) electrons. The van der Waals surface area contributed by atoms with E-state index in [2.05, 4.69) is 9.55 Å². The third-order valence-electron chi connectivity index (χ3n) is 4.09. The number of para-hydroxylation sites is 1. The topological polar surface area (TPSA) is 43.8 Å². The number of fused-ring (bicyclic) bond motifs is 1. The number of aromatic nitrogens is 2. The van der Waals surface area contributed by atoms with Crippen LogP contribution in [0.5, 0.6) is 0 Å². The Morgan fingerprint density at radius 3 is 2.81 bits per heavy atom. The molecule has 0 unspecified atom stereocenters. The van der Waals surface area contributed by atoms with Crippen LogP contribution in [0.25, 0.3) is 22.4 Å². The van der Waals surface area contributed by atoms with Crippen molar-refractivity contribution in [3.8, 4) is 11.4 Å². The molecule has 1 heterocycles. The van der Waals surface area contributed by atoms with Gasteiger partial charge in [0, 0.05) is 17.3 Å². The molecule has 4 rings (SSSR count). The second-order valence-electron chi connectivity index (χ2n) is 5.72. The van der Waals surface area contributed by atoms with Gasteiger partial charge in [-0.25, -0.2) is 9.37 Å². The van der Waals surface area contributed by atoms with E-state index >= 15 is 0 Å². The predicted molar refractivity (Wildman–Crippen MR) is 82.5 cm³/mol. The molecule has 0 bridgehead atoms. The number of halogens is 1. The van der Waals surface area contributed by atoms with Gasteiger partial charge in [0.25, 0.3) is 0 Å². The summed E-state index contributed by atoms with van der Waals surface area (Å²) in [5.41, 5.74) is 10.0. The zero-order valence-corrected chi connectivity index (χ0v) is 11.8. The molecule has 1 fully saturated rings. The van der Waals surface area contributed by atoms with Crippen LogP contribution in [0.15, 0.2) is 36.4 Å². The van der Waals surface area contributed by atoms with E-state index < -0.39 is 0 Å². The summed E-state index contributed by atoms with van der Waals surface area (Å²) < 4.78 is 16.2. The zero-order valence-electron chi connectivity index (χ0n) is 11.8. The molecular formula is C17H16FN3. The maximum Gasteiger partial charge on any atom is 0.151 e. The van der Waals surface area contributed by atoms with E-state index in [0.29, 0.717) is 17.2 Å². The first-order valence-electron chi connectivity index (χ1n) is 7.18. The summed E-state index contributed by atoms with van der Waals surface area (Å²) >= 11 is 0. The number of benzene rings is 2. The number of rotatable bonds is 2. The molecule has 0 aliphatic heterocycles. The summed E-state index contributed by atoms with van der Waals surface area (Å²) in [7, 11) is 0. The average molecular weight is 281 g/mol. The molecule has 3 nitrogen and oxygen atoms in total. The number of anilines is 1. The fourth-order valence-corrected chi connectivity index (χ4v) is 2.86. The lowest BCUT2D eigenvalue weighted by molar-refractivity contribution is 0.637. The lowest BCUT2D eigenvalue weighted by Crippen LogP contribution is -1.99. The number of nitrogen functional groups attached to an aromatic ring is 1. The molecule has 0 atom stereocenters. The van der Waals surface area contributed by atoms with Crippen LogP contribution >= 0.6 is 0 Å². The van der Waals surface area contributed by atoms with Crippen LogP contribution < -0.4 is 5.73 Å². The second kappa shape index (κ2) is 4.32. The molecule has 2 aromatic carbocycles. The molecule has 21 heavy (non-hydrogen) atoms. The highest BCUT2D eigenvalue weighted by molar-refractivity contribution is 5.82. The Morgan fingerprint density at radius 2 is 2.05 bits per heavy atom. The van der Waals surface area contributed by atoms with Crippen molar-refractivity contribution in [2.45, 2.75) is 25.8 Å². The average Bonchev–Trinajstić information content (AvgIpc) is 3.22. The SMILES string of the molecule is Cc1ccc(N)cc1-c1nc2c(F)cccc2n1C1CC1. The van der Waals surface area contributed by atoms with Gasteiger partial charge in [-0.05, 0) is 49.6 Å². The van der Waals surface area contributed by atoms with Gasteiger partial charge in [0.15, 0.2) is 5.82 Å². The first kappa shape index (κ1) is 12.4. The van der Waals surface area contributed by atoms with Gasteiger partial charge in [-0.2, -0.15) is 0 Å². The van der Waals surface area contributed by atoms with E-state index in [1.54, 1.807) is 6.07 Å². The third kappa shape index (κ3) is 1.90. The highest BCUT2D eigenvalue weighted by Gasteiger charge is 2.29. The quantitative estimate of drug-likeness (QED) is 0.720. The summed E-state index contributed by atoms with van der Waals surface area (Å²) in [4.78, 5) is 4.58. The number of hydrogen-bond donors (Lipinski definition) is 1. The first-order chi connectivity index (χ1) is 10.1. The fraction of sp³-hybridized carbons (Fsp3) is 0.235. The Hall–Kier alpha value is -2.36. The summed E-state index contributed by atoms with van der Waals surface area (Å²) in [5, 5.41) is 0. The standard InChI is InChI=1S/C17H16FN3/c1-10-5-6-11(19)9-13(10)17-20-16-14(18)3-2-4-15(16)21(17)12-7-8-12/h2-6,9,12H,7-8,19H2,1H3. The van der Waals surface area contributed by atoms with Crippen molar-refractivity contribution in [2.75, 3.05) is 5.73 Å². The Balaban J connectivity index is 2.06. The van der Waals surface area contributed by atoms with Crippen molar-refractivity contribution >= 4 is 16.7 Å². The van der Waals surface area contributed by atoms with Gasteiger partial charge in [0.05, 0.1) is 5.52 Å². The monoisotopic (exact) mass is 281 g/mol. The predicted octanol–water partition coefficient (Wildman–Crippen LogP) is 4.07. The van der Waals surface area contributed by atoms with E-state index in [9.17, 15) is 4.39 Å². The van der Waals surface area contributed by atoms with Gasteiger partial charge in [0.1, 0.15) is 11.3 Å². The molecule has 0 saturated heterocycles. The molecule has 1 aromatic heterocycles. The molecule has 1 aliphatic carbocycles. The van der Waals surface area contributed by atoms with Crippen LogP contribution in [-0.4, -0.2) is 9.55 Å². The van der Waals surface area contributed by atoms with Crippen molar-refractivity contribution in [1.29, 1.82) is 0 Å². The fourth-order valence-electron chi connectivity index (χ4n) is 2.86. The van der Waals surface area contributed by atoms with Crippen molar-refractivity contribution in [1.82, 2.24) is 9.55 Å². The van der Waals surface area contributed by atoms with Gasteiger partial charge in [0.2, 0.25) is 0 Å². The van der Waals surface area contributed by atoms with Crippen LogP contribution in [0.4, 0.5) is 10.1 Å². The first-order valence-corrected chi connectivity index (χ1v) is 7.18. The van der Waals surface area contributed by atoms with Gasteiger partial charge in [-0.3, -0.25) is 0 Å². The van der Waals surface area contributed by atoms with Crippen molar-refractivity contribution in [2.24, 2.45) is 0 Å². The molecule has 3 aromatic rings. The smallest absolute Gasteiger partial charge is 0.151 e. The highest BCUT2D eigenvalue weighted by atomic mass is 19.1. The minimum Gasteiger partial charge on any atom is -0.399 e. The van der Waals surface area contributed by atoms with Gasteiger partial charge in [-0.1, -0.05) is 12.1 Å². The lowest BCUT2D eigenvalue weighted by Gasteiger charge is -2.10. The van der Waals surface area contributed by atoms with Gasteiger partial charge >= 0.3 is 0 Å². The number of hydrogen-bond acceptors (Lipinski definition) is 2. The number of aryl methyl sites for hydroxylation is 1. The second-order valence-corrected chi connectivity index (χ2v) is 5.72. The normalized spacial score (nSPS) is 14.8. The van der Waals surface area contributed by atoms with Crippen LogP contribution in [0.3, 0.4) is 0 Å². The molecule has 0 amide bonds. The number of nitrogens with zero attached hydrogens (tertiary/aromatic N) is 2. The lowest BCUT2D eigenvalue weighted by atomic mass is 10.1. The van der Waals surface area contributed by atoms with E-state index in [1.807, 2.05) is 31.2 Å². The van der Waals surface area contributed by atoms with Crippen molar-refractivity contribution < 1.29 is 4.39 Å². The van der Waals surface area contributed by atoms with E-state index in [0.717, 1.165) is 35.3 Å². The Bertz CT molecular complexity index is 847. The minimum absolute atomic E-state index is 0.269. The van der Waals surface area contributed by atoms with Gasteiger partial charge in [-0.15, -0.1) is 0 Å². The van der Waals surface area contributed by atoms with Gasteiger partial charge < -0.3 is 10.3 Å². The third-order valence-corrected chi connectivity index (χ3v) is 4.09. The van der Waals surface area contributed by atoms with E-state index in [-0.39, 0.29) is 5.82 Å². The molecule has 106 valence electrons. The van der Waals surface area contributed by atoms with Crippen LogP contribution in [0.2, 0.25) is 0 Å².